The van der Waals surface area contributed by atoms with Gasteiger partial charge in [0, 0.05) is 32.2 Å². The first-order chi connectivity index (χ1) is 11.5. The van der Waals surface area contributed by atoms with Gasteiger partial charge < -0.3 is 20.1 Å². The lowest BCUT2D eigenvalue weighted by molar-refractivity contribution is -0.133. The van der Waals surface area contributed by atoms with E-state index in [4.69, 9.17) is 38.4 Å². The molecule has 2 unspecified atom stereocenters. The van der Waals surface area contributed by atoms with Gasteiger partial charge in [0.1, 0.15) is 11.9 Å². The zero-order valence-electron chi connectivity index (χ0n) is 13.4. The van der Waals surface area contributed by atoms with E-state index >= 15 is 0 Å². The zero-order chi connectivity index (χ0) is 17.1. The van der Waals surface area contributed by atoms with Crippen LogP contribution in [0, 0.1) is 5.92 Å². The van der Waals surface area contributed by atoms with Crippen LogP contribution in [0.25, 0.3) is 0 Å². The summed E-state index contributed by atoms with van der Waals surface area (Å²) in [6, 6.07) is 4.74. The summed E-state index contributed by atoms with van der Waals surface area (Å²) in [5.41, 5.74) is 6.19. The fraction of sp³-hybridized carbons (Fsp3) is 0.588. The fourth-order valence-corrected chi connectivity index (χ4v) is 3.54. The Bertz CT molecular complexity index is 593. The van der Waals surface area contributed by atoms with Crippen LogP contribution >= 0.6 is 23.2 Å². The van der Waals surface area contributed by atoms with Crippen molar-refractivity contribution in [2.75, 3.05) is 26.3 Å². The molecule has 2 saturated heterocycles. The van der Waals surface area contributed by atoms with Gasteiger partial charge in [-0.1, -0.05) is 23.2 Å². The predicted molar refractivity (Wildman–Crippen MR) is 93.6 cm³/mol. The molecule has 0 radical (unpaired) electrons. The number of hydrogen-bond donors (Lipinski definition) is 1. The molecule has 3 rings (SSSR count). The second-order valence-electron chi connectivity index (χ2n) is 6.36. The van der Waals surface area contributed by atoms with Crippen molar-refractivity contribution in [2.45, 2.75) is 31.4 Å². The maximum absolute atomic E-state index is 12.6. The van der Waals surface area contributed by atoms with Gasteiger partial charge in [0.25, 0.3) is 0 Å². The molecule has 2 N–H and O–H groups in total. The number of likely N-dealkylation sites (tertiary alicyclic amines) is 1. The van der Waals surface area contributed by atoms with Crippen LogP contribution in [-0.4, -0.2) is 49.3 Å². The van der Waals surface area contributed by atoms with Crippen LogP contribution in [0.2, 0.25) is 10.0 Å². The number of nitrogens with two attached hydrogens (primary N) is 1. The van der Waals surface area contributed by atoms with E-state index in [9.17, 15) is 4.79 Å². The first-order valence-corrected chi connectivity index (χ1v) is 9.04. The summed E-state index contributed by atoms with van der Waals surface area (Å²) in [5, 5.41) is 0.955. The molecule has 2 heterocycles. The molecule has 132 valence electrons. The number of carbonyl (C=O) groups excluding carboxylic acids is 1. The number of hydrogen-bond acceptors (Lipinski definition) is 4. The van der Waals surface area contributed by atoms with Crippen LogP contribution in [0.1, 0.15) is 19.3 Å². The molecule has 7 heteroatoms. The molecule has 1 aromatic carbocycles. The van der Waals surface area contributed by atoms with E-state index in [0.717, 1.165) is 19.3 Å². The summed E-state index contributed by atoms with van der Waals surface area (Å²) >= 11 is 11.9. The number of carbonyl (C=O) groups is 1. The molecule has 2 atom stereocenters. The van der Waals surface area contributed by atoms with Crippen LogP contribution in [-0.2, 0) is 9.53 Å². The third kappa shape index (κ3) is 4.14. The van der Waals surface area contributed by atoms with Crippen molar-refractivity contribution >= 4 is 29.1 Å². The SMILES string of the molecule is NC(C(=O)N1CCC(Oc2ccc(Cl)c(Cl)c2)C1)C1CCOCC1. The van der Waals surface area contributed by atoms with E-state index in [2.05, 4.69) is 0 Å². The largest absolute Gasteiger partial charge is 0.488 e. The van der Waals surface area contributed by atoms with Crippen LogP contribution < -0.4 is 10.5 Å². The highest BCUT2D eigenvalue weighted by molar-refractivity contribution is 6.42. The zero-order valence-corrected chi connectivity index (χ0v) is 14.9. The minimum Gasteiger partial charge on any atom is -0.488 e. The first-order valence-electron chi connectivity index (χ1n) is 8.28. The first kappa shape index (κ1) is 17.8. The quantitative estimate of drug-likeness (QED) is 0.882. The summed E-state index contributed by atoms with van der Waals surface area (Å²) in [6.45, 7) is 2.60. The van der Waals surface area contributed by atoms with Crippen molar-refractivity contribution < 1.29 is 14.3 Å². The van der Waals surface area contributed by atoms with E-state index in [1.165, 1.54) is 0 Å². The highest BCUT2D eigenvalue weighted by Gasteiger charge is 2.34. The number of nitrogens with zero attached hydrogens (tertiary/aromatic N) is 1. The summed E-state index contributed by atoms with van der Waals surface area (Å²) in [7, 11) is 0. The molecule has 0 bridgehead atoms. The molecule has 24 heavy (non-hydrogen) atoms. The number of ether oxygens (including phenoxy) is 2. The average Bonchev–Trinajstić information content (AvgIpc) is 3.06. The van der Waals surface area contributed by atoms with Crippen molar-refractivity contribution in [3.8, 4) is 5.75 Å². The van der Waals surface area contributed by atoms with Crippen molar-refractivity contribution in [2.24, 2.45) is 11.7 Å². The van der Waals surface area contributed by atoms with Gasteiger partial charge >= 0.3 is 0 Å². The summed E-state index contributed by atoms with van der Waals surface area (Å²) < 4.78 is 11.3. The second kappa shape index (κ2) is 7.91. The van der Waals surface area contributed by atoms with Gasteiger partial charge in [0.05, 0.1) is 22.6 Å². The molecule has 5 nitrogen and oxygen atoms in total. The normalized spacial score (nSPS) is 23.3. The molecule has 0 aliphatic carbocycles. The number of benzene rings is 1. The summed E-state index contributed by atoms with van der Waals surface area (Å²) in [4.78, 5) is 14.4. The molecule has 1 aromatic rings. The van der Waals surface area contributed by atoms with E-state index in [1.54, 1.807) is 18.2 Å². The molecule has 1 amide bonds. The van der Waals surface area contributed by atoms with Crippen molar-refractivity contribution in [1.29, 1.82) is 0 Å². The highest BCUT2D eigenvalue weighted by atomic mass is 35.5. The molecular weight excluding hydrogens is 351 g/mol. The van der Waals surface area contributed by atoms with Crippen LogP contribution in [0.3, 0.4) is 0 Å². The van der Waals surface area contributed by atoms with Crippen LogP contribution in [0.15, 0.2) is 18.2 Å². The van der Waals surface area contributed by atoms with E-state index < -0.39 is 6.04 Å². The Morgan fingerprint density at radius 1 is 1.25 bits per heavy atom. The van der Waals surface area contributed by atoms with Gasteiger partial charge in [0.2, 0.25) is 5.91 Å². The lowest BCUT2D eigenvalue weighted by Crippen LogP contribution is -2.48. The minimum absolute atomic E-state index is 0.0159. The third-order valence-corrected chi connectivity index (χ3v) is 5.45. The highest BCUT2D eigenvalue weighted by Crippen LogP contribution is 2.28. The van der Waals surface area contributed by atoms with Gasteiger partial charge in [-0.2, -0.15) is 0 Å². The standard InChI is InChI=1S/C17H22Cl2N2O3/c18-14-2-1-12(9-15(14)19)24-13-3-6-21(10-13)17(22)16(20)11-4-7-23-8-5-11/h1-2,9,11,13,16H,3-8,10,20H2. The summed E-state index contributed by atoms with van der Waals surface area (Å²) in [5.74, 6) is 0.890. The second-order valence-corrected chi connectivity index (χ2v) is 7.18. The number of amides is 1. The smallest absolute Gasteiger partial charge is 0.239 e. The minimum atomic E-state index is -0.447. The van der Waals surface area contributed by atoms with E-state index in [1.807, 2.05) is 4.90 Å². The third-order valence-electron chi connectivity index (χ3n) is 4.71. The van der Waals surface area contributed by atoms with Crippen LogP contribution in [0.4, 0.5) is 0 Å². The van der Waals surface area contributed by atoms with Gasteiger partial charge in [-0.05, 0) is 30.9 Å². The Hall–Kier alpha value is -1.01. The summed E-state index contributed by atoms with van der Waals surface area (Å²) in [6.07, 6.45) is 2.44. The lowest BCUT2D eigenvalue weighted by Gasteiger charge is -2.29. The molecule has 0 spiro atoms. The Morgan fingerprint density at radius 3 is 2.71 bits per heavy atom. The van der Waals surface area contributed by atoms with Gasteiger partial charge in [-0.3, -0.25) is 4.79 Å². The van der Waals surface area contributed by atoms with Gasteiger partial charge in [-0.15, -0.1) is 0 Å². The molecule has 0 aromatic heterocycles. The van der Waals surface area contributed by atoms with E-state index in [-0.39, 0.29) is 17.9 Å². The Labute approximate surface area is 152 Å². The Kier molecular flexibility index (Phi) is 5.87. The maximum atomic E-state index is 12.6. The van der Waals surface area contributed by atoms with Crippen molar-refractivity contribution in [3.05, 3.63) is 28.2 Å². The molecule has 0 saturated carbocycles. The Balaban J connectivity index is 1.54. The maximum Gasteiger partial charge on any atom is 0.239 e. The van der Waals surface area contributed by atoms with E-state index in [0.29, 0.717) is 42.1 Å². The predicted octanol–water partition coefficient (Wildman–Crippen LogP) is 2.73. The topological polar surface area (TPSA) is 64.8 Å². The van der Waals surface area contributed by atoms with Gasteiger partial charge in [-0.25, -0.2) is 0 Å². The number of halogens is 2. The lowest BCUT2D eigenvalue weighted by atomic mass is 9.91. The monoisotopic (exact) mass is 372 g/mol. The van der Waals surface area contributed by atoms with Crippen molar-refractivity contribution in [1.82, 2.24) is 4.90 Å². The van der Waals surface area contributed by atoms with Gasteiger partial charge in [0.15, 0.2) is 0 Å². The number of rotatable bonds is 4. The molecule has 2 aliphatic rings. The molecule has 2 aliphatic heterocycles. The van der Waals surface area contributed by atoms with Crippen molar-refractivity contribution in [3.63, 3.8) is 0 Å². The van der Waals surface area contributed by atoms with Crippen LogP contribution in [0.5, 0.6) is 5.75 Å². The molecular formula is C17H22Cl2N2O3. The average molecular weight is 373 g/mol. The fourth-order valence-electron chi connectivity index (χ4n) is 3.25. The molecule has 2 fully saturated rings. The Morgan fingerprint density at radius 2 is 2.00 bits per heavy atom.